The van der Waals surface area contributed by atoms with Crippen molar-refractivity contribution < 1.29 is 14.7 Å². The number of aliphatic carboxylic acids is 1. The Morgan fingerprint density at radius 2 is 1.64 bits per heavy atom. The van der Waals surface area contributed by atoms with Gasteiger partial charge in [-0.2, -0.15) is 0 Å². The molecule has 1 aliphatic heterocycles. The maximum absolute atomic E-state index is 12.6. The van der Waals surface area contributed by atoms with Gasteiger partial charge in [0, 0.05) is 25.7 Å². The number of carbonyl (C=O) groups excluding carboxylic acids is 1. The highest BCUT2D eigenvalue weighted by molar-refractivity contribution is 6.02. The molecule has 0 aliphatic carbocycles. The first-order valence-electron chi connectivity index (χ1n) is 9.83. The zero-order chi connectivity index (χ0) is 20.1. The molecule has 3 rings (SSSR count). The maximum atomic E-state index is 12.6. The number of benzene rings is 2. The maximum Gasteiger partial charge on any atom is 0.318 e. The van der Waals surface area contributed by atoms with Gasteiger partial charge in [0.25, 0.3) is 0 Å². The van der Waals surface area contributed by atoms with Crippen LogP contribution in [0.1, 0.15) is 37.4 Å². The fourth-order valence-corrected chi connectivity index (χ4v) is 4.50. The minimum absolute atomic E-state index is 0.112. The van der Waals surface area contributed by atoms with Crippen LogP contribution in [-0.4, -0.2) is 47.4 Å². The van der Waals surface area contributed by atoms with Gasteiger partial charge < -0.3 is 10.4 Å². The number of carbonyl (C=O) groups is 2. The number of hydrogen-bond acceptors (Lipinski definition) is 4. The zero-order valence-electron chi connectivity index (χ0n) is 16.5. The van der Waals surface area contributed by atoms with Gasteiger partial charge in [0.15, 0.2) is 0 Å². The Bertz CT molecular complexity index is 754. The highest BCUT2D eigenvalue weighted by atomic mass is 16.4. The van der Waals surface area contributed by atoms with Gasteiger partial charge in [0.05, 0.1) is 6.04 Å². The molecule has 2 atom stereocenters. The van der Waals surface area contributed by atoms with Gasteiger partial charge in [-0.1, -0.05) is 67.6 Å². The van der Waals surface area contributed by atoms with Gasteiger partial charge in [-0.05, 0) is 24.5 Å². The number of rotatable bonds is 7. The normalized spacial score (nSPS) is 19.9. The Morgan fingerprint density at radius 1 is 1.11 bits per heavy atom. The van der Waals surface area contributed by atoms with Crippen molar-refractivity contribution in [2.75, 3.05) is 19.6 Å². The van der Waals surface area contributed by atoms with Crippen LogP contribution < -0.4 is 5.32 Å². The molecule has 0 amide bonds. The van der Waals surface area contributed by atoms with Crippen LogP contribution in [0.4, 0.5) is 0 Å². The van der Waals surface area contributed by atoms with Gasteiger partial charge >= 0.3 is 5.97 Å². The van der Waals surface area contributed by atoms with E-state index in [4.69, 9.17) is 0 Å². The van der Waals surface area contributed by atoms with E-state index in [1.54, 1.807) is 6.92 Å². The van der Waals surface area contributed by atoms with Crippen LogP contribution in [0.2, 0.25) is 0 Å². The Morgan fingerprint density at radius 3 is 2.07 bits per heavy atom. The summed E-state index contributed by atoms with van der Waals surface area (Å²) in [6.07, 6.45) is 0.261. The second-order valence-corrected chi connectivity index (χ2v) is 7.37. The van der Waals surface area contributed by atoms with Crippen LogP contribution in [0.3, 0.4) is 0 Å². The van der Waals surface area contributed by atoms with Crippen LogP contribution in [0, 0.1) is 5.41 Å². The summed E-state index contributed by atoms with van der Waals surface area (Å²) in [4.78, 5) is 27.2. The third kappa shape index (κ3) is 3.60. The molecular formula is C23H28N2O3. The molecule has 1 saturated heterocycles. The SMILES string of the molecule is CCC(C(C)=O)(C(=O)O)C1CNCCN1C(c1ccccc1)c1ccccc1. The largest absolute Gasteiger partial charge is 0.480 e. The molecule has 0 bridgehead atoms. The Hall–Kier alpha value is -2.50. The summed E-state index contributed by atoms with van der Waals surface area (Å²) in [6.45, 7) is 5.09. The van der Waals surface area contributed by atoms with Crippen molar-refractivity contribution in [1.29, 1.82) is 0 Å². The molecule has 0 saturated carbocycles. The molecule has 0 aromatic heterocycles. The third-order valence-corrected chi connectivity index (χ3v) is 5.98. The number of ketones is 1. The van der Waals surface area contributed by atoms with Gasteiger partial charge in [-0.15, -0.1) is 0 Å². The van der Waals surface area contributed by atoms with E-state index in [0.29, 0.717) is 13.1 Å². The van der Waals surface area contributed by atoms with E-state index < -0.39 is 17.4 Å². The van der Waals surface area contributed by atoms with Gasteiger partial charge in [0.1, 0.15) is 11.2 Å². The van der Waals surface area contributed by atoms with Crippen LogP contribution in [-0.2, 0) is 9.59 Å². The zero-order valence-corrected chi connectivity index (χ0v) is 16.5. The number of nitrogens with zero attached hydrogens (tertiary/aromatic N) is 1. The molecule has 2 unspecified atom stereocenters. The summed E-state index contributed by atoms with van der Waals surface area (Å²) in [5.41, 5.74) is 0.758. The van der Waals surface area contributed by atoms with Crippen molar-refractivity contribution in [1.82, 2.24) is 10.2 Å². The quantitative estimate of drug-likeness (QED) is 0.723. The summed E-state index contributed by atoms with van der Waals surface area (Å²) in [7, 11) is 0. The number of carboxylic acid groups (broad SMARTS) is 1. The highest BCUT2D eigenvalue weighted by Crippen LogP contribution is 2.39. The average molecular weight is 380 g/mol. The van der Waals surface area contributed by atoms with Crippen molar-refractivity contribution in [3.8, 4) is 0 Å². The molecule has 5 nitrogen and oxygen atoms in total. The van der Waals surface area contributed by atoms with E-state index >= 15 is 0 Å². The lowest BCUT2D eigenvalue weighted by atomic mass is 9.72. The van der Waals surface area contributed by atoms with Crippen LogP contribution >= 0.6 is 0 Å². The Labute approximate surface area is 166 Å². The fourth-order valence-electron chi connectivity index (χ4n) is 4.50. The first kappa shape index (κ1) is 20.2. The first-order valence-corrected chi connectivity index (χ1v) is 9.83. The number of Topliss-reactive ketones (excluding diaryl/α,β-unsaturated/α-hetero) is 1. The molecule has 1 aliphatic rings. The van der Waals surface area contributed by atoms with E-state index in [1.807, 2.05) is 36.4 Å². The first-order chi connectivity index (χ1) is 13.5. The summed E-state index contributed by atoms with van der Waals surface area (Å²) >= 11 is 0. The molecule has 5 heteroatoms. The second-order valence-electron chi connectivity index (χ2n) is 7.37. The number of piperazine rings is 1. The second kappa shape index (κ2) is 8.67. The minimum Gasteiger partial charge on any atom is -0.480 e. The molecule has 2 N–H and O–H groups in total. The predicted octanol–water partition coefficient (Wildman–Crippen LogP) is 3.12. The van der Waals surface area contributed by atoms with Gasteiger partial charge in [-0.3, -0.25) is 14.5 Å². The smallest absolute Gasteiger partial charge is 0.318 e. The fraction of sp³-hybridized carbons (Fsp3) is 0.391. The summed E-state index contributed by atoms with van der Waals surface area (Å²) in [6, 6.07) is 19.7. The van der Waals surface area contributed by atoms with Crippen molar-refractivity contribution in [3.63, 3.8) is 0 Å². The molecular weight excluding hydrogens is 352 g/mol. The standard InChI is InChI=1S/C23H28N2O3/c1-3-23(17(2)26,22(27)28)20-16-24-14-15-25(20)21(18-10-6-4-7-11-18)19-12-8-5-9-13-19/h4-13,20-21,24H,3,14-16H2,1-2H3,(H,27,28). The molecule has 28 heavy (non-hydrogen) atoms. The molecule has 1 heterocycles. The number of carboxylic acids is 1. The van der Waals surface area contributed by atoms with Crippen LogP contribution in [0.5, 0.6) is 0 Å². The average Bonchev–Trinajstić information content (AvgIpc) is 2.71. The lowest BCUT2D eigenvalue weighted by Crippen LogP contribution is -2.64. The number of hydrogen-bond donors (Lipinski definition) is 2. The summed E-state index contributed by atoms with van der Waals surface area (Å²) < 4.78 is 0. The van der Waals surface area contributed by atoms with E-state index in [9.17, 15) is 14.7 Å². The minimum atomic E-state index is -1.44. The summed E-state index contributed by atoms with van der Waals surface area (Å²) in [5.74, 6) is -1.33. The van der Waals surface area contributed by atoms with Gasteiger partial charge in [0.2, 0.25) is 0 Å². The lowest BCUT2D eigenvalue weighted by Gasteiger charge is -2.48. The summed E-state index contributed by atoms with van der Waals surface area (Å²) in [5, 5.41) is 13.4. The van der Waals surface area contributed by atoms with Crippen molar-refractivity contribution in [2.45, 2.75) is 32.4 Å². The van der Waals surface area contributed by atoms with E-state index in [0.717, 1.165) is 17.7 Å². The molecule has 0 radical (unpaired) electrons. The monoisotopic (exact) mass is 380 g/mol. The van der Waals surface area contributed by atoms with Crippen molar-refractivity contribution in [2.24, 2.45) is 5.41 Å². The number of nitrogens with one attached hydrogen (secondary N) is 1. The molecule has 2 aromatic rings. The topological polar surface area (TPSA) is 69.6 Å². The van der Waals surface area contributed by atoms with Crippen LogP contribution in [0.25, 0.3) is 0 Å². The van der Waals surface area contributed by atoms with Gasteiger partial charge in [-0.25, -0.2) is 0 Å². The molecule has 148 valence electrons. The van der Waals surface area contributed by atoms with Crippen molar-refractivity contribution in [3.05, 3.63) is 71.8 Å². The Balaban J connectivity index is 2.14. The third-order valence-electron chi connectivity index (χ3n) is 5.98. The van der Waals surface area contributed by atoms with E-state index in [1.165, 1.54) is 6.92 Å². The predicted molar refractivity (Wildman–Crippen MR) is 109 cm³/mol. The lowest BCUT2D eigenvalue weighted by molar-refractivity contribution is -0.161. The molecule has 1 fully saturated rings. The highest BCUT2D eigenvalue weighted by Gasteiger charge is 2.53. The Kier molecular flexibility index (Phi) is 6.27. The van der Waals surface area contributed by atoms with E-state index in [-0.39, 0.29) is 18.2 Å². The molecule has 2 aromatic carbocycles. The van der Waals surface area contributed by atoms with E-state index in [2.05, 4.69) is 34.5 Å². The van der Waals surface area contributed by atoms with Crippen molar-refractivity contribution >= 4 is 11.8 Å². The van der Waals surface area contributed by atoms with Crippen LogP contribution in [0.15, 0.2) is 60.7 Å². The molecule has 0 spiro atoms.